The van der Waals surface area contributed by atoms with Gasteiger partial charge in [-0.05, 0) is 25.3 Å². The molecule has 1 atom stereocenters. The number of hydrogen-bond donors (Lipinski definition) is 2. The van der Waals surface area contributed by atoms with Crippen molar-refractivity contribution >= 4 is 23.8 Å². The second-order valence-corrected chi connectivity index (χ2v) is 7.40. The number of benzene rings is 1. The maximum atomic E-state index is 12.6. The number of amides is 4. The van der Waals surface area contributed by atoms with Gasteiger partial charge >= 0.3 is 23.8 Å². The van der Waals surface area contributed by atoms with E-state index in [0.29, 0.717) is 26.0 Å². The smallest absolute Gasteiger partial charge is 0.326 e. The minimum atomic E-state index is -1.20. The predicted octanol–water partition coefficient (Wildman–Crippen LogP) is 0.837. The summed E-state index contributed by atoms with van der Waals surface area (Å²) >= 11 is 0. The summed E-state index contributed by atoms with van der Waals surface area (Å²) in [5.74, 6) is -2.89. The Morgan fingerprint density at radius 2 is 1.86 bits per heavy atom. The fourth-order valence-electron chi connectivity index (χ4n) is 3.47. The zero-order valence-corrected chi connectivity index (χ0v) is 16.3. The Labute approximate surface area is 168 Å². The second-order valence-electron chi connectivity index (χ2n) is 7.40. The van der Waals surface area contributed by atoms with E-state index in [1.165, 1.54) is 4.90 Å². The summed E-state index contributed by atoms with van der Waals surface area (Å²) in [6, 6.07) is 7.45. The third-order valence-corrected chi connectivity index (χ3v) is 5.46. The molecule has 0 radical (unpaired) electrons. The number of nitrogens with zero attached hydrogens (tertiary/aromatic N) is 2. The van der Waals surface area contributed by atoms with Crippen LogP contribution in [-0.4, -0.2) is 71.0 Å². The number of nitrogens with one attached hydrogen (secondary N) is 1. The lowest BCUT2D eigenvalue weighted by molar-refractivity contribution is -0.153. The van der Waals surface area contributed by atoms with Gasteiger partial charge in [0.2, 0.25) is 0 Å². The average molecular weight is 403 g/mol. The molecule has 2 N–H and O–H groups in total. The standard InChI is InChI=1S/C20H25N3O6/c1-2-22-10-11-23(17(25)16(22)24)19(28)21-15(18(26)27)20(8-9-20)13-29-12-14-6-4-3-5-7-14/h3-7,15H,2,8-13H2,1H3,(H,21,28)(H,26,27). The molecule has 9 heteroatoms. The molecule has 9 nitrogen and oxygen atoms in total. The van der Waals surface area contributed by atoms with Crippen LogP contribution in [0, 0.1) is 5.41 Å². The monoisotopic (exact) mass is 403 g/mol. The molecule has 3 rings (SSSR count). The van der Waals surface area contributed by atoms with Gasteiger partial charge in [-0.25, -0.2) is 9.59 Å². The maximum absolute atomic E-state index is 12.6. The summed E-state index contributed by atoms with van der Waals surface area (Å²) in [5.41, 5.74) is 0.256. The van der Waals surface area contributed by atoms with Crippen LogP contribution in [0.2, 0.25) is 0 Å². The first-order valence-electron chi connectivity index (χ1n) is 9.63. The first-order chi connectivity index (χ1) is 13.9. The molecule has 1 aromatic rings. The van der Waals surface area contributed by atoms with E-state index < -0.39 is 35.3 Å². The molecule has 2 fully saturated rings. The Bertz CT molecular complexity index is 793. The predicted molar refractivity (Wildman–Crippen MR) is 102 cm³/mol. The van der Waals surface area contributed by atoms with Gasteiger partial charge in [0.05, 0.1) is 13.2 Å². The lowest BCUT2D eigenvalue weighted by Crippen LogP contribution is -2.61. The van der Waals surface area contributed by atoms with Crippen LogP contribution in [0.15, 0.2) is 30.3 Å². The first kappa shape index (κ1) is 20.8. The van der Waals surface area contributed by atoms with Gasteiger partial charge in [0, 0.05) is 25.0 Å². The van der Waals surface area contributed by atoms with Crippen LogP contribution in [0.4, 0.5) is 4.79 Å². The number of piperazine rings is 1. The second kappa shape index (κ2) is 8.60. The van der Waals surface area contributed by atoms with Crippen molar-refractivity contribution in [2.75, 3.05) is 26.2 Å². The first-order valence-corrected chi connectivity index (χ1v) is 9.63. The highest BCUT2D eigenvalue weighted by atomic mass is 16.5. The molecular weight excluding hydrogens is 378 g/mol. The van der Waals surface area contributed by atoms with Crippen LogP contribution >= 0.6 is 0 Å². The number of carboxylic acids is 1. The van der Waals surface area contributed by atoms with E-state index in [1.54, 1.807) is 6.92 Å². The van der Waals surface area contributed by atoms with Gasteiger partial charge in [0.15, 0.2) is 0 Å². The molecule has 29 heavy (non-hydrogen) atoms. The van der Waals surface area contributed by atoms with E-state index in [4.69, 9.17) is 4.74 Å². The number of urea groups is 1. The molecule has 1 saturated carbocycles. The summed E-state index contributed by atoms with van der Waals surface area (Å²) in [7, 11) is 0. The number of carboxylic acid groups (broad SMARTS) is 1. The van der Waals surface area contributed by atoms with Crippen molar-refractivity contribution in [2.45, 2.75) is 32.4 Å². The van der Waals surface area contributed by atoms with Crippen LogP contribution in [0.25, 0.3) is 0 Å². The van der Waals surface area contributed by atoms with Crippen molar-refractivity contribution in [3.63, 3.8) is 0 Å². The lowest BCUT2D eigenvalue weighted by atomic mass is 9.97. The van der Waals surface area contributed by atoms with Crippen LogP contribution in [0.3, 0.4) is 0 Å². The third-order valence-electron chi connectivity index (χ3n) is 5.46. The number of carbonyl (C=O) groups is 4. The number of imide groups is 1. The minimum absolute atomic E-state index is 0.0358. The number of likely N-dealkylation sites (N-methyl/N-ethyl adjacent to an activating group) is 1. The van der Waals surface area contributed by atoms with Gasteiger partial charge < -0.3 is 20.1 Å². The lowest BCUT2D eigenvalue weighted by Gasteiger charge is -2.33. The molecule has 156 valence electrons. The number of hydrogen-bond acceptors (Lipinski definition) is 5. The molecule has 1 aromatic carbocycles. The van der Waals surface area contributed by atoms with Crippen LogP contribution in [0.1, 0.15) is 25.3 Å². The zero-order chi connectivity index (χ0) is 21.0. The van der Waals surface area contributed by atoms with E-state index in [2.05, 4.69) is 5.32 Å². The highest BCUT2D eigenvalue weighted by Crippen LogP contribution is 2.49. The van der Waals surface area contributed by atoms with Crippen molar-refractivity contribution < 1.29 is 29.0 Å². The van der Waals surface area contributed by atoms with E-state index in [1.807, 2.05) is 30.3 Å². The molecule has 4 amide bonds. The van der Waals surface area contributed by atoms with Crippen molar-refractivity contribution in [1.29, 1.82) is 0 Å². The van der Waals surface area contributed by atoms with Crippen LogP contribution < -0.4 is 5.32 Å². The number of rotatable bonds is 8. The highest BCUT2D eigenvalue weighted by molar-refractivity contribution is 6.38. The SMILES string of the molecule is CCN1CCN(C(=O)NC(C(=O)O)C2(COCc3ccccc3)CC2)C(=O)C1=O. The molecule has 1 aliphatic heterocycles. The summed E-state index contributed by atoms with van der Waals surface area (Å²) in [6.45, 7) is 2.91. The van der Waals surface area contributed by atoms with E-state index in [-0.39, 0.29) is 19.7 Å². The molecule has 2 aliphatic rings. The van der Waals surface area contributed by atoms with Gasteiger partial charge in [-0.15, -0.1) is 0 Å². The Kier molecular flexibility index (Phi) is 6.17. The highest BCUT2D eigenvalue weighted by Gasteiger charge is 2.54. The summed E-state index contributed by atoms with van der Waals surface area (Å²) < 4.78 is 5.72. The summed E-state index contributed by atoms with van der Waals surface area (Å²) in [4.78, 5) is 50.7. The average Bonchev–Trinajstić information content (AvgIpc) is 3.49. The molecule has 1 aliphatic carbocycles. The van der Waals surface area contributed by atoms with Crippen molar-refractivity contribution in [2.24, 2.45) is 5.41 Å². The van der Waals surface area contributed by atoms with Crippen molar-refractivity contribution in [3.8, 4) is 0 Å². The quantitative estimate of drug-likeness (QED) is 0.622. The summed E-state index contributed by atoms with van der Waals surface area (Å²) in [6.07, 6.45) is 1.19. The molecular formula is C20H25N3O6. The van der Waals surface area contributed by atoms with Crippen molar-refractivity contribution in [3.05, 3.63) is 35.9 Å². The number of carbonyl (C=O) groups excluding carboxylic acids is 3. The van der Waals surface area contributed by atoms with Gasteiger partial charge in [0.25, 0.3) is 0 Å². The Morgan fingerprint density at radius 1 is 1.17 bits per heavy atom. The molecule has 1 heterocycles. The fourth-order valence-corrected chi connectivity index (χ4v) is 3.47. The largest absolute Gasteiger partial charge is 0.480 e. The molecule has 1 saturated heterocycles. The molecule has 0 aromatic heterocycles. The van der Waals surface area contributed by atoms with Crippen LogP contribution in [-0.2, 0) is 25.7 Å². The van der Waals surface area contributed by atoms with E-state index in [0.717, 1.165) is 10.5 Å². The topological polar surface area (TPSA) is 116 Å². The normalized spacial score (nSPS) is 19.1. The summed E-state index contributed by atoms with van der Waals surface area (Å²) in [5, 5.41) is 12.1. The minimum Gasteiger partial charge on any atom is -0.480 e. The number of aliphatic carboxylic acids is 1. The van der Waals surface area contributed by atoms with Crippen LogP contribution in [0.5, 0.6) is 0 Å². The van der Waals surface area contributed by atoms with Gasteiger partial charge in [-0.1, -0.05) is 30.3 Å². The van der Waals surface area contributed by atoms with Gasteiger partial charge in [0.1, 0.15) is 6.04 Å². The molecule has 0 spiro atoms. The van der Waals surface area contributed by atoms with E-state index >= 15 is 0 Å². The van der Waals surface area contributed by atoms with Gasteiger partial charge in [-0.2, -0.15) is 0 Å². The Hall–Kier alpha value is -2.94. The number of ether oxygens (including phenoxy) is 1. The third kappa shape index (κ3) is 4.56. The Balaban J connectivity index is 1.61. The van der Waals surface area contributed by atoms with Gasteiger partial charge in [-0.3, -0.25) is 14.5 Å². The van der Waals surface area contributed by atoms with E-state index in [9.17, 15) is 24.3 Å². The Morgan fingerprint density at radius 3 is 2.45 bits per heavy atom. The molecule has 0 bridgehead atoms. The molecule has 1 unspecified atom stereocenters. The zero-order valence-electron chi connectivity index (χ0n) is 16.3. The van der Waals surface area contributed by atoms with Crippen molar-refractivity contribution in [1.82, 2.24) is 15.1 Å². The fraction of sp³-hybridized carbons (Fsp3) is 0.500. The maximum Gasteiger partial charge on any atom is 0.326 e.